The van der Waals surface area contributed by atoms with Crippen LogP contribution < -0.4 is 0 Å². The lowest BCUT2D eigenvalue weighted by molar-refractivity contribution is 0.0478. The second-order valence-electron chi connectivity index (χ2n) is 5.32. The summed E-state index contributed by atoms with van der Waals surface area (Å²) in [7, 11) is 0. The normalized spacial score (nSPS) is 10.4. The van der Waals surface area contributed by atoms with Gasteiger partial charge < -0.3 is 9.47 Å². The molecule has 9 heteroatoms. The van der Waals surface area contributed by atoms with Gasteiger partial charge in [0.05, 0.1) is 24.5 Å². The zero-order valence-electron chi connectivity index (χ0n) is 14.8. The monoisotopic (exact) mass is 367 g/mol. The molecule has 0 bridgehead atoms. The highest BCUT2D eigenvalue weighted by molar-refractivity contribution is 6.06. The van der Waals surface area contributed by atoms with Gasteiger partial charge in [0.15, 0.2) is 5.82 Å². The molecule has 0 saturated heterocycles. The SMILES string of the molecule is CCOC(=O)c1cc(-c2ccccc2)nc(-n2cnnn2)c1C(=O)OCC. The van der Waals surface area contributed by atoms with Gasteiger partial charge in [-0.1, -0.05) is 30.3 Å². The first-order valence-corrected chi connectivity index (χ1v) is 8.33. The lowest BCUT2D eigenvalue weighted by Crippen LogP contribution is -2.19. The summed E-state index contributed by atoms with van der Waals surface area (Å²) in [6.07, 6.45) is 1.29. The summed E-state index contributed by atoms with van der Waals surface area (Å²) in [4.78, 5) is 29.7. The van der Waals surface area contributed by atoms with Crippen molar-refractivity contribution in [1.82, 2.24) is 25.2 Å². The Morgan fingerprint density at radius 1 is 1.04 bits per heavy atom. The van der Waals surface area contributed by atoms with Crippen LogP contribution in [0.5, 0.6) is 0 Å². The Morgan fingerprint density at radius 2 is 1.74 bits per heavy atom. The number of carbonyl (C=O) groups is 2. The third-order valence-corrected chi connectivity index (χ3v) is 3.61. The molecule has 2 aromatic heterocycles. The summed E-state index contributed by atoms with van der Waals surface area (Å²) >= 11 is 0. The molecule has 0 aliphatic heterocycles. The van der Waals surface area contributed by atoms with E-state index in [1.807, 2.05) is 30.3 Å². The molecule has 138 valence electrons. The molecule has 1 aromatic carbocycles. The van der Waals surface area contributed by atoms with Crippen LogP contribution in [0.4, 0.5) is 0 Å². The van der Waals surface area contributed by atoms with Crippen molar-refractivity contribution in [3.05, 3.63) is 53.9 Å². The van der Waals surface area contributed by atoms with Crippen molar-refractivity contribution >= 4 is 11.9 Å². The van der Waals surface area contributed by atoms with Gasteiger partial charge in [0.1, 0.15) is 11.9 Å². The smallest absolute Gasteiger partial charge is 0.342 e. The quantitative estimate of drug-likeness (QED) is 0.609. The molecule has 9 nitrogen and oxygen atoms in total. The van der Waals surface area contributed by atoms with Crippen molar-refractivity contribution < 1.29 is 19.1 Å². The Kier molecular flexibility index (Phi) is 5.50. The Labute approximate surface area is 154 Å². The number of rotatable bonds is 6. The van der Waals surface area contributed by atoms with E-state index in [0.717, 1.165) is 5.56 Å². The van der Waals surface area contributed by atoms with Gasteiger partial charge >= 0.3 is 11.9 Å². The Morgan fingerprint density at radius 3 is 2.37 bits per heavy atom. The molecule has 0 radical (unpaired) electrons. The van der Waals surface area contributed by atoms with Crippen LogP contribution in [0.25, 0.3) is 17.1 Å². The lowest BCUT2D eigenvalue weighted by atomic mass is 10.0. The second-order valence-corrected chi connectivity index (χ2v) is 5.32. The fourth-order valence-corrected chi connectivity index (χ4v) is 2.49. The van der Waals surface area contributed by atoms with Crippen LogP contribution in [0.1, 0.15) is 34.6 Å². The van der Waals surface area contributed by atoms with Gasteiger partial charge in [-0.15, -0.1) is 5.10 Å². The Hall–Kier alpha value is -3.62. The zero-order chi connectivity index (χ0) is 19.2. The molecule has 0 unspecified atom stereocenters. The number of carbonyl (C=O) groups excluding carboxylic acids is 2. The fourth-order valence-electron chi connectivity index (χ4n) is 2.49. The molecule has 0 spiro atoms. The first-order chi connectivity index (χ1) is 13.2. The molecular formula is C18H17N5O4. The van der Waals surface area contributed by atoms with Gasteiger partial charge in [-0.25, -0.2) is 14.6 Å². The van der Waals surface area contributed by atoms with Crippen LogP contribution in [0.2, 0.25) is 0 Å². The molecule has 0 N–H and O–H groups in total. The standard InChI is InChI=1S/C18H17N5O4/c1-3-26-17(24)13-10-14(12-8-6-5-7-9-12)20-16(23-11-19-21-22-23)15(13)18(25)27-4-2/h5-11H,3-4H2,1-2H3. The number of hydrogen-bond acceptors (Lipinski definition) is 8. The number of nitrogens with zero attached hydrogens (tertiary/aromatic N) is 5. The molecule has 0 aliphatic carbocycles. The van der Waals surface area contributed by atoms with Crippen molar-refractivity contribution in [2.75, 3.05) is 13.2 Å². The van der Waals surface area contributed by atoms with Crippen LogP contribution >= 0.6 is 0 Å². The predicted molar refractivity (Wildman–Crippen MR) is 94.3 cm³/mol. The number of ether oxygens (including phenoxy) is 2. The van der Waals surface area contributed by atoms with Crippen LogP contribution in [0.3, 0.4) is 0 Å². The molecule has 3 rings (SSSR count). The van der Waals surface area contributed by atoms with Gasteiger partial charge in [0.2, 0.25) is 0 Å². The summed E-state index contributed by atoms with van der Waals surface area (Å²) < 4.78 is 11.4. The van der Waals surface area contributed by atoms with E-state index in [4.69, 9.17) is 9.47 Å². The van der Waals surface area contributed by atoms with Crippen molar-refractivity contribution in [3.63, 3.8) is 0 Å². The maximum absolute atomic E-state index is 12.6. The topological polar surface area (TPSA) is 109 Å². The zero-order valence-corrected chi connectivity index (χ0v) is 14.8. The first-order valence-electron chi connectivity index (χ1n) is 8.33. The predicted octanol–water partition coefficient (Wildman–Crippen LogP) is 2.08. The van der Waals surface area contributed by atoms with Crippen molar-refractivity contribution in [3.8, 4) is 17.1 Å². The van der Waals surface area contributed by atoms with Crippen LogP contribution in [-0.4, -0.2) is 50.3 Å². The van der Waals surface area contributed by atoms with E-state index < -0.39 is 11.9 Å². The third kappa shape index (κ3) is 3.81. The van der Waals surface area contributed by atoms with Gasteiger partial charge in [-0.3, -0.25) is 0 Å². The van der Waals surface area contributed by atoms with E-state index in [1.54, 1.807) is 13.8 Å². The number of pyridine rings is 1. The number of tetrazole rings is 1. The number of esters is 2. The molecule has 0 saturated carbocycles. The third-order valence-electron chi connectivity index (χ3n) is 3.61. The summed E-state index contributed by atoms with van der Waals surface area (Å²) in [6.45, 7) is 3.65. The fraction of sp³-hybridized carbons (Fsp3) is 0.222. The number of hydrogen-bond donors (Lipinski definition) is 0. The average Bonchev–Trinajstić information content (AvgIpc) is 3.22. The summed E-state index contributed by atoms with van der Waals surface area (Å²) in [5.41, 5.74) is 1.21. The molecule has 2 heterocycles. The maximum Gasteiger partial charge on any atom is 0.342 e. The minimum Gasteiger partial charge on any atom is -0.462 e. The molecule has 27 heavy (non-hydrogen) atoms. The van der Waals surface area contributed by atoms with E-state index >= 15 is 0 Å². The van der Waals surface area contributed by atoms with Crippen LogP contribution in [-0.2, 0) is 9.47 Å². The summed E-state index contributed by atoms with van der Waals surface area (Å²) in [5.74, 6) is -1.28. The van der Waals surface area contributed by atoms with Gasteiger partial charge in [0.25, 0.3) is 0 Å². The highest BCUT2D eigenvalue weighted by atomic mass is 16.5. The minimum atomic E-state index is -0.710. The molecular weight excluding hydrogens is 350 g/mol. The lowest BCUT2D eigenvalue weighted by Gasteiger charge is -2.14. The van der Waals surface area contributed by atoms with E-state index in [9.17, 15) is 9.59 Å². The van der Waals surface area contributed by atoms with E-state index in [1.165, 1.54) is 17.1 Å². The van der Waals surface area contributed by atoms with Crippen molar-refractivity contribution in [2.45, 2.75) is 13.8 Å². The number of aromatic nitrogens is 5. The molecule has 0 aliphatic rings. The van der Waals surface area contributed by atoms with Crippen LogP contribution in [0, 0.1) is 0 Å². The average molecular weight is 367 g/mol. The molecule has 3 aromatic rings. The van der Waals surface area contributed by atoms with E-state index in [-0.39, 0.29) is 30.2 Å². The molecule has 0 atom stereocenters. The van der Waals surface area contributed by atoms with E-state index in [0.29, 0.717) is 5.69 Å². The van der Waals surface area contributed by atoms with Crippen molar-refractivity contribution in [2.24, 2.45) is 0 Å². The van der Waals surface area contributed by atoms with Crippen molar-refractivity contribution in [1.29, 1.82) is 0 Å². The maximum atomic E-state index is 12.6. The number of benzene rings is 1. The van der Waals surface area contributed by atoms with Gasteiger partial charge in [-0.2, -0.15) is 4.68 Å². The summed E-state index contributed by atoms with van der Waals surface area (Å²) in [5, 5.41) is 11.0. The Bertz CT molecular complexity index is 942. The second kappa shape index (κ2) is 8.17. The van der Waals surface area contributed by atoms with Gasteiger partial charge in [-0.05, 0) is 30.3 Å². The van der Waals surface area contributed by atoms with Crippen LogP contribution in [0.15, 0.2) is 42.7 Å². The highest BCUT2D eigenvalue weighted by Crippen LogP contribution is 2.26. The van der Waals surface area contributed by atoms with E-state index in [2.05, 4.69) is 20.5 Å². The largest absolute Gasteiger partial charge is 0.462 e. The summed E-state index contributed by atoms with van der Waals surface area (Å²) in [6, 6.07) is 10.7. The highest BCUT2D eigenvalue weighted by Gasteiger charge is 2.27. The molecule has 0 fully saturated rings. The van der Waals surface area contributed by atoms with Gasteiger partial charge in [0, 0.05) is 5.56 Å². The molecule has 0 amide bonds. The first kappa shape index (κ1) is 18.2. The minimum absolute atomic E-state index is 0.0367. The Balaban J connectivity index is 2.29.